The first-order chi connectivity index (χ1) is 15.3. The van der Waals surface area contributed by atoms with Crippen LogP contribution >= 0.6 is 0 Å². The second kappa shape index (κ2) is 10.9. The van der Waals surface area contributed by atoms with Crippen LogP contribution in [0.5, 0.6) is 0 Å². The Morgan fingerprint density at radius 3 is 1.22 bits per heavy atom. The van der Waals surface area contributed by atoms with E-state index < -0.39 is 0 Å². The van der Waals surface area contributed by atoms with Crippen molar-refractivity contribution in [3.63, 3.8) is 0 Å². The molecule has 4 heteroatoms. The van der Waals surface area contributed by atoms with E-state index in [1.165, 1.54) is 11.1 Å². The number of nitrogens with zero attached hydrogens (tertiary/aromatic N) is 2. The number of hydrogen-bond acceptors (Lipinski definition) is 2. The highest BCUT2D eigenvalue weighted by Gasteiger charge is 2.21. The fourth-order valence-electron chi connectivity index (χ4n) is 3.68. The highest BCUT2D eigenvalue weighted by atomic mass is 16.2. The van der Waals surface area contributed by atoms with E-state index in [1.807, 2.05) is 36.4 Å². The summed E-state index contributed by atoms with van der Waals surface area (Å²) in [7, 11) is 0. The first-order valence-corrected chi connectivity index (χ1v) is 11.5. The van der Waals surface area contributed by atoms with Crippen LogP contribution < -0.4 is 0 Å². The summed E-state index contributed by atoms with van der Waals surface area (Å²) in [4.78, 5) is 28.7. The number of benzene rings is 2. The van der Waals surface area contributed by atoms with Crippen molar-refractivity contribution in [2.45, 2.75) is 39.5 Å². The third-order valence-corrected chi connectivity index (χ3v) is 5.95. The maximum absolute atomic E-state index is 12.5. The Bertz CT molecular complexity index is 880. The first-order valence-electron chi connectivity index (χ1n) is 11.5. The third kappa shape index (κ3) is 6.43. The third-order valence-electron chi connectivity index (χ3n) is 5.95. The fourth-order valence-corrected chi connectivity index (χ4v) is 3.68. The van der Waals surface area contributed by atoms with Crippen LogP contribution in [0.2, 0.25) is 0 Å². The van der Waals surface area contributed by atoms with Gasteiger partial charge in [0.2, 0.25) is 11.8 Å². The normalized spacial score (nSPS) is 14.8. The molecule has 1 fully saturated rings. The van der Waals surface area contributed by atoms with Crippen LogP contribution in [0.4, 0.5) is 0 Å². The molecule has 2 aromatic carbocycles. The number of rotatable bonds is 6. The molecule has 0 unspecified atom stereocenters. The largest absolute Gasteiger partial charge is 0.336 e. The first kappa shape index (κ1) is 23.5. The van der Waals surface area contributed by atoms with Crippen molar-refractivity contribution in [2.75, 3.05) is 26.2 Å². The molecule has 32 heavy (non-hydrogen) atoms. The molecule has 0 spiro atoms. The molecule has 0 atom stereocenters. The SMILES string of the molecule is CC(C)c1ccc(C=CC(=O)N2CCN(C(=O)C=Cc3ccc(C(C)C)cc3)CC2)cc1. The Balaban J connectivity index is 1.48. The second-order valence-electron chi connectivity index (χ2n) is 8.96. The highest BCUT2D eigenvalue weighted by molar-refractivity contribution is 5.93. The van der Waals surface area contributed by atoms with Crippen LogP contribution in [-0.4, -0.2) is 47.8 Å². The van der Waals surface area contributed by atoms with Crippen molar-refractivity contribution < 1.29 is 9.59 Å². The van der Waals surface area contributed by atoms with Crippen LogP contribution in [0.3, 0.4) is 0 Å². The Kier molecular flexibility index (Phi) is 8.04. The molecule has 168 valence electrons. The molecule has 1 aliphatic rings. The number of carbonyl (C=O) groups is 2. The molecule has 2 amide bonds. The van der Waals surface area contributed by atoms with Gasteiger partial charge in [-0.05, 0) is 46.2 Å². The monoisotopic (exact) mass is 430 g/mol. The molecule has 1 saturated heterocycles. The van der Waals surface area contributed by atoms with Crippen molar-refractivity contribution >= 4 is 24.0 Å². The minimum atomic E-state index is -0.00850. The minimum Gasteiger partial charge on any atom is -0.336 e. The molecule has 2 aromatic rings. The van der Waals surface area contributed by atoms with Crippen LogP contribution in [0.15, 0.2) is 60.7 Å². The summed E-state index contributed by atoms with van der Waals surface area (Å²) in [5.41, 5.74) is 4.61. The van der Waals surface area contributed by atoms with Gasteiger partial charge in [0.15, 0.2) is 0 Å². The topological polar surface area (TPSA) is 40.6 Å². The molecule has 0 aromatic heterocycles. The van der Waals surface area contributed by atoms with E-state index in [4.69, 9.17) is 0 Å². The molecule has 1 aliphatic heterocycles. The van der Waals surface area contributed by atoms with Gasteiger partial charge in [-0.2, -0.15) is 0 Å². The van der Waals surface area contributed by atoms with Gasteiger partial charge < -0.3 is 9.80 Å². The van der Waals surface area contributed by atoms with E-state index in [-0.39, 0.29) is 11.8 Å². The molecule has 0 N–H and O–H groups in total. The molecule has 0 aliphatic carbocycles. The predicted molar refractivity (Wildman–Crippen MR) is 132 cm³/mol. The van der Waals surface area contributed by atoms with Crippen molar-refractivity contribution in [3.05, 3.63) is 82.9 Å². The van der Waals surface area contributed by atoms with Gasteiger partial charge in [-0.1, -0.05) is 76.2 Å². The average Bonchev–Trinajstić information content (AvgIpc) is 2.81. The van der Waals surface area contributed by atoms with Gasteiger partial charge in [-0.25, -0.2) is 0 Å². The van der Waals surface area contributed by atoms with E-state index >= 15 is 0 Å². The van der Waals surface area contributed by atoms with Crippen LogP contribution in [0.1, 0.15) is 61.8 Å². The second-order valence-corrected chi connectivity index (χ2v) is 8.96. The summed E-state index contributed by atoms with van der Waals surface area (Å²) >= 11 is 0. The standard InChI is InChI=1S/C28H34N2O2/c1-21(2)25-11-5-23(6-12-25)9-15-27(31)29-17-19-30(20-18-29)28(32)16-10-24-7-13-26(14-8-24)22(3)4/h5-16,21-22H,17-20H2,1-4H3. The molecular weight excluding hydrogens is 396 g/mol. The van der Waals surface area contributed by atoms with Crippen molar-refractivity contribution in [2.24, 2.45) is 0 Å². The molecule has 4 nitrogen and oxygen atoms in total. The van der Waals surface area contributed by atoms with E-state index in [9.17, 15) is 9.59 Å². The fraction of sp³-hybridized carbons (Fsp3) is 0.357. The number of amides is 2. The van der Waals surface area contributed by atoms with Crippen LogP contribution in [0, 0.1) is 0 Å². The zero-order valence-corrected chi connectivity index (χ0v) is 19.6. The van der Waals surface area contributed by atoms with Crippen molar-refractivity contribution in [1.82, 2.24) is 9.80 Å². The lowest BCUT2D eigenvalue weighted by Gasteiger charge is -2.33. The average molecular weight is 431 g/mol. The Labute approximate surface area is 192 Å². The summed E-state index contributed by atoms with van der Waals surface area (Å²) in [6, 6.07) is 16.6. The van der Waals surface area contributed by atoms with Crippen molar-refractivity contribution in [3.8, 4) is 0 Å². The zero-order valence-electron chi connectivity index (χ0n) is 19.6. The van der Waals surface area contributed by atoms with Gasteiger partial charge in [0.1, 0.15) is 0 Å². The summed E-state index contributed by atoms with van der Waals surface area (Å²) < 4.78 is 0. The smallest absolute Gasteiger partial charge is 0.246 e. The lowest BCUT2D eigenvalue weighted by Crippen LogP contribution is -2.49. The maximum Gasteiger partial charge on any atom is 0.246 e. The maximum atomic E-state index is 12.5. The summed E-state index contributed by atoms with van der Waals surface area (Å²) in [5.74, 6) is 0.972. The number of hydrogen-bond donors (Lipinski definition) is 0. The molecule has 0 saturated carbocycles. The molecule has 3 rings (SSSR count). The van der Waals surface area contributed by atoms with Crippen molar-refractivity contribution in [1.29, 1.82) is 0 Å². The Hall–Kier alpha value is -3.14. The van der Waals surface area contributed by atoms with E-state index in [1.54, 1.807) is 22.0 Å². The minimum absolute atomic E-state index is 0.00850. The number of piperazine rings is 1. The lowest BCUT2D eigenvalue weighted by molar-refractivity contribution is -0.133. The summed E-state index contributed by atoms with van der Waals surface area (Å²) in [6.45, 7) is 10.9. The summed E-state index contributed by atoms with van der Waals surface area (Å²) in [6.07, 6.45) is 6.97. The van der Waals surface area contributed by atoms with Gasteiger partial charge >= 0.3 is 0 Å². The van der Waals surface area contributed by atoms with E-state index in [2.05, 4.69) is 52.0 Å². The Morgan fingerprint density at radius 1 is 0.625 bits per heavy atom. The molecule has 0 bridgehead atoms. The van der Waals surface area contributed by atoms with Gasteiger partial charge in [-0.3, -0.25) is 9.59 Å². The van der Waals surface area contributed by atoms with E-state index in [0.717, 1.165) is 11.1 Å². The molecular formula is C28H34N2O2. The highest BCUT2D eigenvalue weighted by Crippen LogP contribution is 2.16. The predicted octanol–water partition coefficient (Wildman–Crippen LogP) is 5.33. The molecule has 0 radical (unpaired) electrons. The van der Waals surface area contributed by atoms with E-state index in [0.29, 0.717) is 38.0 Å². The van der Waals surface area contributed by atoms with Crippen LogP contribution in [0.25, 0.3) is 12.2 Å². The number of carbonyl (C=O) groups excluding carboxylic acids is 2. The Morgan fingerprint density at radius 2 is 0.938 bits per heavy atom. The lowest BCUT2D eigenvalue weighted by atomic mass is 10.0. The quantitative estimate of drug-likeness (QED) is 0.581. The van der Waals surface area contributed by atoms with Crippen LogP contribution in [-0.2, 0) is 9.59 Å². The summed E-state index contributed by atoms with van der Waals surface area (Å²) in [5, 5.41) is 0. The zero-order chi connectivity index (χ0) is 23.1. The van der Waals surface area contributed by atoms with Gasteiger partial charge in [0.05, 0.1) is 0 Å². The van der Waals surface area contributed by atoms with Gasteiger partial charge in [0, 0.05) is 38.3 Å². The molecule has 1 heterocycles. The van der Waals surface area contributed by atoms with Gasteiger partial charge in [-0.15, -0.1) is 0 Å². The van der Waals surface area contributed by atoms with Gasteiger partial charge in [0.25, 0.3) is 0 Å².